The number of benzene rings is 1. The molecule has 1 saturated heterocycles. The lowest BCUT2D eigenvalue weighted by Gasteiger charge is -2.30. The molecule has 1 fully saturated rings. The minimum atomic E-state index is -1.12. The Hall–Kier alpha value is -1.75. The molecule has 0 saturated carbocycles. The number of halogens is 1. The molecule has 0 radical (unpaired) electrons. The van der Waals surface area contributed by atoms with Crippen molar-refractivity contribution in [2.45, 2.75) is 19.8 Å². The van der Waals surface area contributed by atoms with Crippen molar-refractivity contribution >= 4 is 23.5 Å². The number of hydrogen-bond acceptors (Lipinski definition) is 3. The molecule has 1 aliphatic rings. The van der Waals surface area contributed by atoms with E-state index in [2.05, 4.69) is 6.92 Å². The molecule has 0 atom stereocenters. The van der Waals surface area contributed by atoms with E-state index in [4.69, 9.17) is 21.4 Å². The van der Waals surface area contributed by atoms with Crippen LogP contribution in [0.3, 0.4) is 0 Å². The van der Waals surface area contributed by atoms with E-state index in [1.807, 2.05) is 0 Å². The van der Waals surface area contributed by atoms with Gasteiger partial charge in [-0.2, -0.15) is 0 Å². The molecule has 114 valence electrons. The Kier molecular flexibility index (Phi) is 5.07. The number of carboxylic acids is 1. The molecule has 1 aliphatic heterocycles. The van der Waals surface area contributed by atoms with Gasteiger partial charge in [0.05, 0.1) is 10.6 Å². The molecule has 21 heavy (non-hydrogen) atoms. The van der Waals surface area contributed by atoms with Crippen molar-refractivity contribution < 1.29 is 19.4 Å². The third-order valence-corrected chi connectivity index (χ3v) is 4.00. The zero-order chi connectivity index (χ0) is 15.4. The van der Waals surface area contributed by atoms with E-state index in [0.717, 1.165) is 25.9 Å². The van der Waals surface area contributed by atoms with Crippen LogP contribution in [-0.4, -0.2) is 41.6 Å². The summed E-state index contributed by atoms with van der Waals surface area (Å²) in [4.78, 5) is 24.8. The van der Waals surface area contributed by atoms with Gasteiger partial charge in [0.15, 0.2) is 6.61 Å². The van der Waals surface area contributed by atoms with Crippen LogP contribution in [0.1, 0.15) is 30.1 Å². The third-order valence-electron chi connectivity index (χ3n) is 3.67. The summed E-state index contributed by atoms with van der Waals surface area (Å²) in [6.07, 6.45) is 2.02. The number of likely N-dealkylation sites (tertiary alicyclic amines) is 1. The van der Waals surface area contributed by atoms with Gasteiger partial charge in [-0.05, 0) is 37.0 Å². The van der Waals surface area contributed by atoms with Crippen LogP contribution in [0.15, 0.2) is 18.2 Å². The zero-order valence-electron chi connectivity index (χ0n) is 11.8. The van der Waals surface area contributed by atoms with Crippen molar-refractivity contribution in [2.24, 2.45) is 5.92 Å². The maximum Gasteiger partial charge on any atom is 0.337 e. The predicted molar refractivity (Wildman–Crippen MR) is 78.9 cm³/mol. The smallest absolute Gasteiger partial charge is 0.337 e. The van der Waals surface area contributed by atoms with E-state index in [1.54, 1.807) is 11.0 Å². The van der Waals surface area contributed by atoms with Crippen molar-refractivity contribution in [2.75, 3.05) is 19.7 Å². The Morgan fingerprint density at radius 1 is 1.38 bits per heavy atom. The maximum absolute atomic E-state index is 12.0. The summed E-state index contributed by atoms with van der Waals surface area (Å²) in [5.74, 6) is -0.213. The second-order valence-corrected chi connectivity index (χ2v) is 5.71. The monoisotopic (exact) mass is 311 g/mol. The molecule has 1 heterocycles. The number of nitrogens with zero attached hydrogens (tertiary/aromatic N) is 1. The minimum absolute atomic E-state index is 0.0339. The number of carbonyl (C=O) groups excluding carboxylic acids is 1. The quantitative estimate of drug-likeness (QED) is 0.928. The zero-order valence-corrected chi connectivity index (χ0v) is 12.6. The lowest BCUT2D eigenvalue weighted by atomic mass is 9.99. The first-order valence-corrected chi connectivity index (χ1v) is 7.28. The number of rotatable bonds is 4. The van der Waals surface area contributed by atoms with Gasteiger partial charge in [-0.15, -0.1) is 0 Å². The first-order chi connectivity index (χ1) is 9.97. The number of hydrogen-bond donors (Lipinski definition) is 1. The molecule has 6 heteroatoms. The number of piperidine rings is 1. The van der Waals surface area contributed by atoms with E-state index in [1.165, 1.54) is 12.1 Å². The van der Waals surface area contributed by atoms with Gasteiger partial charge < -0.3 is 14.7 Å². The van der Waals surface area contributed by atoms with Crippen LogP contribution in [0.2, 0.25) is 5.02 Å². The lowest BCUT2D eigenvalue weighted by molar-refractivity contribution is -0.134. The predicted octanol–water partition coefficient (Wildman–Crippen LogP) is 2.68. The Balaban J connectivity index is 1.92. The molecule has 5 nitrogen and oxygen atoms in total. The number of amides is 1. The van der Waals surface area contributed by atoms with Crippen molar-refractivity contribution in [3.8, 4) is 5.75 Å². The molecule has 0 aliphatic carbocycles. The van der Waals surface area contributed by atoms with Crippen molar-refractivity contribution in [3.63, 3.8) is 0 Å². The second kappa shape index (κ2) is 6.80. The van der Waals surface area contributed by atoms with Crippen LogP contribution in [0, 0.1) is 5.92 Å². The molecule has 2 rings (SSSR count). The van der Waals surface area contributed by atoms with Crippen molar-refractivity contribution in [1.82, 2.24) is 4.90 Å². The van der Waals surface area contributed by atoms with Crippen LogP contribution in [0.25, 0.3) is 0 Å². The van der Waals surface area contributed by atoms with E-state index in [9.17, 15) is 9.59 Å². The fourth-order valence-corrected chi connectivity index (χ4v) is 2.45. The normalized spacial score (nSPS) is 15.8. The molecule has 1 amide bonds. The van der Waals surface area contributed by atoms with Crippen LogP contribution in [0.5, 0.6) is 5.75 Å². The standard InChI is InChI=1S/C15H18ClNO4/c1-10-4-6-17(7-5-10)14(18)9-21-11-2-3-13(16)12(8-11)15(19)20/h2-3,8,10H,4-7,9H2,1H3,(H,19,20). The van der Waals surface area contributed by atoms with E-state index in [0.29, 0.717) is 11.7 Å². The number of ether oxygens (including phenoxy) is 1. The first kappa shape index (κ1) is 15.6. The van der Waals surface area contributed by atoms with E-state index < -0.39 is 5.97 Å². The summed E-state index contributed by atoms with van der Waals surface area (Å²) in [6.45, 7) is 3.60. The van der Waals surface area contributed by atoms with Gasteiger partial charge in [-0.1, -0.05) is 18.5 Å². The molecule has 1 aromatic carbocycles. The summed E-state index contributed by atoms with van der Waals surface area (Å²) < 4.78 is 5.38. The van der Waals surface area contributed by atoms with Crippen LogP contribution in [-0.2, 0) is 4.79 Å². The largest absolute Gasteiger partial charge is 0.484 e. The molecule has 0 unspecified atom stereocenters. The summed E-state index contributed by atoms with van der Waals surface area (Å²) in [6, 6.07) is 4.34. The Morgan fingerprint density at radius 2 is 2.05 bits per heavy atom. The second-order valence-electron chi connectivity index (χ2n) is 5.30. The SMILES string of the molecule is CC1CCN(C(=O)COc2ccc(Cl)c(C(=O)O)c2)CC1. The van der Waals surface area contributed by atoms with Gasteiger partial charge in [0.25, 0.3) is 5.91 Å². The van der Waals surface area contributed by atoms with Crippen molar-refractivity contribution in [1.29, 1.82) is 0 Å². The summed E-state index contributed by atoms with van der Waals surface area (Å²) in [5, 5.41) is 9.13. The highest BCUT2D eigenvalue weighted by molar-refractivity contribution is 6.33. The average molecular weight is 312 g/mol. The number of carbonyl (C=O) groups is 2. The van der Waals surface area contributed by atoms with Gasteiger partial charge >= 0.3 is 5.97 Å². The highest BCUT2D eigenvalue weighted by Gasteiger charge is 2.20. The third kappa shape index (κ3) is 4.11. The summed E-state index contributed by atoms with van der Waals surface area (Å²) in [5.41, 5.74) is -0.0339. The van der Waals surface area contributed by atoms with Crippen LogP contribution >= 0.6 is 11.6 Å². The van der Waals surface area contributed by atoms with Gasteiger partial charge in [0, 0.05) is 13.1 Å². The van der Waals surface area contributed by atoms with E-state index in [-0.39, 0.29) is 23.1 Å². The molecule has 1 aromatic rings. The molecule has 0 aromatic heterocycles. The van der Waals surface area contributed by atoms with E-state index >= 15 is 0 Å². The Bertz CT molecular complexity index is 538. The number of carboxylic acid groups (broad SMARTS) is 1. The highest BCUT2D eigenvalue weighted by Crippen LogP contribution is 2.22. The van der Waals surface area contributed by atoms with Gasteiger partial charge in [0.1, 0.15) is 5.75 Å². The van der Waals surface area contributed by atoms with Gasteiger partial charge in [-0.25, -0.2) is 4.79 Å². The fraction of sp³-hybridized carbons (Fsp3) is 0.467. The van der Waals surface area contributed by atoms with Crippen LogP contribution in [0.4, 0.5) is 0 Å². The van der Waals surface area contributed by atoms with Gasteiger partial charge in [-0.3, -0.25) is 4.79 Å². The number of aromatic carboxylic acids is 1. The molecule has 1 N–H and O–H groups in total. The summed E-state index contributed by atoms with van der Waals surface area (Å²) >= 11 is 5.78. The van der Waals surface area contributed by atoms with Gasteiger partial charge in [0.2, 0.25) is 0 Å². The molecule has 0 spiro atoms. The topological polar surface area (TPSA) is 66.8 Å². The molecule has 0 bridgehead atoms. The fourth-order valence-electron chi connectivity index (χ4n) is 2.25. The highest BCUT2D eigenvalue weighted by atomic mass is 35.5. The maximum atomic E-state index is 12.0. The molecular formula is C15H18ClNO4. The Labute approximate surface area is 128 Å². The van der Waals surface area contributed by atoms with Crippen LogP contribution < -0.4 is 4.74 Å². The van der Waals surface area contributed by atoms with Crippen molar-refractivity contribution in [3.05, 3.63) is 28.8 Å². The lowest BCUT2D eigenvalue weighted by Crippen LogP contribution is -2.40. The Morgan fingerprint density at radius 3 is 2.67 bits per heavy atom. The minimum Gasteiger partial charge on any atom is -0.484 e. The average Bonchev–Trinajstić information content (AvgIpc) is 2.46. The summed E-state index contributed by atoms with van der Waals surface area (Å²) in [7, 11) is 0. The first-order valence-electron chi connectivity index (χ1n) is 6.91. The molecular weight excluding hydrogens is 294 g/mol.